The Balaban J connectivity index is 2.57. The van der Waals surface area contributed by atoms with Gasteiger partial charge in [0.05, 0.1) is 13.0 Å². The predicted octanol–water partition coefficient (Wildman–Crippen LogP) is 2.33. The van der Waals surface area contributed by atoms with Gasteiger partial charge < -0.3 is 4.74 Å². The number of ether oxygens (including phenoxy) is 1. The smallest absolute Gasteiger partial charge is 0.309 e. The molecule has 3 heteroatoms. The second kappa shape index (κ2) is 5.89. The van der Waals surface area contributed by atoms with Crippen LogP contribution < -0.4 is 0 Å². The number of hydrogen-bond acceptors (Lipinski definition) is 3. The first-order valence-corrected chi connectivity index (χ1v) is 5.78. The number of Topliss-reactive ketones (excluding diaryl/α,β-unsaturated/α-hetero) is 1. The van der Waals surface area contributed by atoms with Gasteiger partial charge in [0, 0.05) is 12.8 Å². The van der Waals surface area contributed by atoms with Crippen LogP contribution in [0.2, 0.25) is 0 Å². The summed E-state index contributed by atoms with van der Waals surface area (Å²) >= 11 is 0. The summed E-state index contributed by atoms with van der Waals surface area (Å²) in [7, 11) is 1.40. The van der Waals surface area contributed by atoms with Crippen LogP contribution >= 0.6 is 0 Å². The maximum absolute atomic E-state index is 11.5. The monoisotopic (exact) mass is 212 g/mol. The van der Waals surface area contributed by atoms with Crippen LogP contribution in [0.15, 0.2) is 0 Å². The van der Waals surface area contributed by atoms with Crippen LogP contribution in [0, 0.1) is 11.8 Å². The molecule has 86 valence electrons. The van der Waals surface area contributed by atoms with Gasteiger partial charge in [0.2, 0.25) is 0 Å². The van der Waals surface area contributed by atoms with E-state index in [1.54, 1.807) is 0 Å². The number of methoxy groups -OCH3 is 1. The van der Waals surface area contributed by atoms with Gasteiger partial charge in [0.15, 0.2) is 0 Å². The number of ketones is 1. The highest BCUT2D eigenvalue weighted by Gasteiger charge is 2.34. The Morgan fingerprint density at radius 3 is 2.87 bits per heavy atom. The predicted molar refractivity (Wildman–Crippen MR) is 57.4 cm³/mol. The number of unbranched alkanes of at least 4 members (excludes halogenated alkanes) is 1. The highest BCUT2D eigenvalue weighted by Crippen LogP contribution is 2.32. The fraction of sp³-hybridized carbons (Fsp3) is 0.833. The van der Waals surface area contributed by atoms with E-state index in [2.05, 4.69) is 6.92 Å². The first-order chi connectivity index (χ1) is 7.19. The molecule has 0 spiro atoms. The molecule has 0 aromatic rings. The normalized spacial score (nSPS) is 26.4. The van der Waals surface area contributed by atoms with E-state index < -0.39 is 0 Å². The summed E-state index contributed by atoms with van der Waals surface area (Å²) in [5, 5.41) is 0. The Hall–Kier alpha value is -0.860. The second-order valence-electron chi connectivity index (χ2n) is 4.31. The van der Waals surface area contributed by atoms with Gasteiger partial charge >= 0.3 is 5.97 Å². The second-order valence-corrected chi connectivity index (χ2v) is 4.31. The quantitative estimate of drug-likeness (QED) is 0.672. The maximum atomic E-state index is 11.5. The van der Waals surface area contributed by atoms with E-state index in [0.717, 1.165) is 25.7 Å². The van der Waals surface area contributed by atoms with Gasteiger partial charge in [0.25, 0.3) is 0 Å². The molecule has 0 heterocycles. The Kier molecular flexibility index (Phi) is 4.79. The Labute approximate surface area is 91.2 Å². The minimum atomic E-state index is -0.204. The molecule has 0 saturated heterocycles. The summed E-state index contributed by atoms with van der Waals surface area (Å²) in [6, 6.07) is 0. The summed E-state index contributed by atoms with van der Waals surface area (Å²) < 4.78 is 4.76. The Bertz CT molecular complexity index is 235. The molecule has 1 aliphatic rings. The van der Waals surface area contributed by atoms with Crippen LogP contribution in [0.25, 0.3) is 0 Å². The number of esters is 1. The third kappa shape index (κ3) is 3.33. The highest BCUT2D eigenvalue weighted by atomic mass is 16.5. The standard InChI is InChI=1S/C12H20O3/c1-3-4-5-9-6-7-10(13)8-11(9)12(14)15-2/h9,11H,3-8H2,1-2H3/t9-,11?/m1/s1. The molecule has 0 aromatic heterocycles. The van der Waals surface area contributed by atoms with Crippen LogP contribution in [0.3, 0.4) is 0 Å². The van der Waals surface area contributed by atoms with Gasteiger partial charge in [-0.2, -0.15) is 0 Å². The van der Waals surface area contributed by atoms with E-state index >= 15 is 0 Å². The molecule has 1 aliphatic carbocycles. The highest BCUT2D eigenvalue weighted by molar-refractivity contribution is 5.85. The molecule has 1 fully saturated rings. The lowest BCUT2D eigenvalue weighted by Gasteiger charge is -2.28. The summed E-state index contributed by atoms with van der Waals surface area (Å²) in [4.78, 5) is 22.8. The lowest BCUT2D eigenvalue weighted by Crippen LogP contribution is -2.32. The van der Waals surface area contributed by atoms with Crippen molar-refractivity contribution in [1.82, 2.24) is 0 Å². The number of hydrogen-bond donors (Lipinski definition) is 0. The van der Waals surface area contributed by atoms with Crippen LogP contribution in [-0.4, -0.2) is 18.9 Å². The molecule has 0 N–H and O–H groups in total. The Morgan fingerprint density at radius 1 is 1.53 bits per heavy atom. The number of carbonyl (C=O) groups is 2. The zero-order valence-corrected chi connectivity index (χ0v) is 9.62. The van der Waals surface area contributed by atoms with Crippen molar-refractivity contribution in [2.75, 3.05) is 7.11 Å². The average Bonchev–Trinajstić information content (AvgIpc) is 2.26. The van der Waals surface area contributed by atoms with Crippen molar-refractivity contribution in [3.8, 4) is 0 Å². The van der Waals surface area contributed by atoms with Crippen molar-refractivity contribution in [1.29, 1.82) is 0 Å². The van der Waals surface area contributed by atoms with Crippen molar-refractivity contribution >= 4 is 11.8 Å². The summed E-state index contributed by atoms with van der Waals surface area (Å²) in [6.07, 6.45) is 5.20. The van der Waals surface area contributed by atoms with Crippen molar-refractivity contribution < 1.29 is 14.3 Å². The number of rotatable bonds is 4. The van der Waals surface area contributed by atoms with Gasteiger partial charge in [-0.1, -0.05) is 19.8 Å². The molecule has 0 bridgehead atoms. The fourth-order valence-corrected chi connectivity index (χ4v) is 2.30. The van der Waals surface area contributed by atoms with Crippen LogP contribution in [0.5, 0.6) is 0 Å². The topological polar surface area (TPSA) is 43.4 Å². The minimum absolute atomic E-state index is 0.178. The molecule has 1 rings (SSSR count). The molecular weight excluding hydrogens is 192 g/mol. The van der Waals surface area contributed by atoms with Crippen LogP contribution in [0.1, 0.15) is 45.4 Å². The van der Waals surface area contributed by atoms with E-state index in [1.165, 1.54) is 7.11 Å². The lowest BCUT2D eigenvalue weighted by molar-refractivity contribution is -0.151. The maximum Gasteiger partial charge on any atom is 0.309 e. The molecule has 2 atom stereocenters. The van der Waals surface area contributed by atoms with Crippen molar-refractivity contribution in [2.45, 2.75) is 45.4 Å². The van der Waals surface area contributed by atoms with E-state index in [0.29, 0.717) is 18.8 Å². The first-order valence-electron chi connectivity index (χ1n) is 5.78. The van der Waals surface area contributed by atoms with Gasteiger partial charge in [0.1, 0.15) is 5.78 Å². The van der Waals surface area contributed by atoms with Crippen LogP contribution in [-0.2, 0) is 14.3 Å². The van der Waals surface area contributed by atoms with E-state index in [-0.39, 0.29) is 17.7 Å². The third-order valence-corrected chi connectivity index (χ3v) is 3.24. The molecule has 0 aromatic carbocycles. The SMILES string of the molecule is CCCC[C@@H]1CCC(=O)CC1C(=O)OC. The fourth-order valence-electron chi connectivity index (χ4n) is 2.30. The van der Waals surface area contributed by atoms with E-state index in [1.807, 2.05) is 0 Å². The van der Waals surface area contributed by atoms with E-state index in [9.17, 15) is 9.59 Å². The molecule has 3 nitrogen and oxygen atoms in total. The summed E-state index contributed by atoms with van der Waals surface area (Å²) in [5.74, 6) is 0.181. The zero-order valence-electron chi connectivity index (χ0n) is 9.62. The minimum Gasteiger partial charge on any atom is -0.469 e. The van der Waals surface area contributed by atoms with Crippen molar-refractivity contribution in [3.05, 3.63) is 0 Å². The molecule has 1 unspecified atom stereocenters. The summed E-state index contributed by atoms with van der Waals surface area (Å²) in [5.41, 5.74) is 0. The summed E-state index contributed by atoms with van der Waals surface area (Å²) in [6.45, 7) is 2.14. The van der Waals surface area contributed by atoms with Gasteiger partial charge in [-0.3, -0.25) is 9.59 Å². The largest absolute Gasteiger partial charge is 0.469 e. The average molecular weight is 212 g/mol. The molecular formula is C12H20O3. The van der Waals surface area contributed by atoms with Crippen LogP contribution in [0.4, 0.5) is 0 Å². The van der Waals surface area contributed by atoms with Gasteiger partial charge in [-0.15, -0.1) is 0 Å². The molecule has 0 aliphatic heterocycles. The van der Waals surface area contributed by atoms with Gasteiger partial charge in [-0.05, 0) is 18.8 Å². The van der Waals surface area contributed by atoms with Crippen molar-refractivity contribution in [3.63, 3.8) is 0 Å². The molecule has 0 amide bonds. The first kappa shape index (κ1) is 12.2. The lowest BCUT2D eigenvalue weighted by atomic mass is 9.76. The molecule has 0 radical (unpaired) electrons. The zero-order chi connectivity index (χ0) is 11.3. The van der Waals surface area contributed by atoms with Gasteiger partial charge in [-0.25, -0.2) is 0 Å². The number of carbonyl (C=O) groups excluding carboxylic acids is 2. The molecule has 15 heavy (non-hydrogen) atoms. The molecule has 1 saturated carbocycles. The third-order valence-electron chi connectivity index (χ3n) is 3.24. The van der Waals surface area contributed by atoms with E-state index in [4.69, 9.17) is 4.74 Å². The van der Waals surface area contributed by atoms with Crippen molar-refractivity contribution in [2.24, 2.45) is 11.8 Å². The Morgan fingerprint density at radius 2 is 2.27 bits per heavy atom.